The van der Waals surface area contributed by atoms with Gasteiger partial charge in [0.1, 0.15) is 11.6 Å². The first-order valence-corrected chi connectivity index (χ1v) is 11.2. The maximum absolute atomic E-state index is 5.99. The molecule has 6 nitrogen and oxygen atoms in total. The van der Waals surface area contributed by atoms with Gasteiger partial charge in [-0.3, -0.25) is 14.4 Å². The van der Waals surface area contributed by atoms with Crippen LogP contribution in [0.5, 0.6) is 0 Å². The molecule has 8 heteroatoms. The van der Waals surface area contributed by atoms with Crippen molar-refractivity contribution in [1.82, 2.24) is 24.1 Å². The van der Waals surface area contributed by atoms with Gasteiger partial charge in [-0.25, -0.2) is 4.68 Å². The van der Waals surface area contributed by atoms with E-state index in [1.165, 1.54) is 5.56 Å². The van der Waals surface area contributed by atoms with Gasteiger partial charge in [0.25, 0.3) is 0 Å². The van der Waals surface area contributed by atoms with Gasteiger partial charge in [0.2, 0.25) is 0 Å². The predicted octanol–water partition coefficient (Wildman–Crippen LogP) is 4.61. The summed E-state index contributed by atoms with van der Waals surface area (Å²) in [6.45, 7) is 10.6. The summed E-state index contributed by atoms with van der Waals surface area (Å²) in [6.07, 6.45) is 1.70. The van der Waals surface area contributed by atoms with Crippen LogP contribution in [0.25, 0.3) is 0 Å². The number of hydrogen-bond donors (Lipinski definition) is 0. The van der Waals surface area contributed by atoms with E-state index in [0.29, 0.717) is 12.5 Å². The van der Waals surface area contributed by atoms with Crippen LogP contribution in [-0.2, 0) is 19.8 Å². The first-order valence-electron chi connectivity index (χ1n) is 10.4. The van der Waals surface area contributed by atoms with Crippen molar-refractivity contribution in [3.8, 4) is 0 Å². The molecule has 1 aromatic carbocycles. The Morgan fingerprint density at radius 1 is 1.03 bits per heavy atom. The zero-order chi connectivity index (χ0) is 21.1. The minimum atomic E-state index is 0.291. The lowest BCUT2D eigenvalue weighted by molar-refractivity contribution is 0.0979. The molecular formula is C22H28ClN5OS. The minimum absolute atomic E-state index is 0.291. The van der Waals surface area contributed by atoms with Crippen LogP contribution in [0.1, 0.15) is 36.9 Å². The summed E-state index contributed by atoms with van der Waals surface area (Å²) in [5.41, 5.74) is 1.30. The molecule has 30 heavy (non-hydrogen) atoms. The Balaban J connectivity index is 1.39. The zero-order valence-electron chi connectivity index (χ0n) is 17.5. The summed E-state index contributed by atoms with van der Waals surface area (Å²) in [5.74, 6) is 2.18. The molecule has 0 spiro atoms. The first kappa shape index (κ1) is 21.3. The zero-order valence-corrected chi connectivity index (χ0v) is 19.1. The third-order valence-electron chi connectivity index (χ3n) is 5.48. The van der Waals surface area contributed by atoms with Crippen molar-refractivity contribution in [1.29, 1.82) is 0 Å². The van der Waals surface area contributed by atoms with Gasteiger partial charge in [-0.1, -0.05) is 37.6 Å². The largest absolute Gasteiger partial charge is 0.467 e. The van der Waals surface area contributed by atoms with E-state index >= 15 is 0 Å². The van der Waals surface area contributed by atoms with E-state index in [1.807, 2.05) is 28.9 Å². The fraction of sp³-hybridized carbons (Fsp3) is 0.455. The van der Waals surface area contributed by atoms with Gasteiger partial charge < -0.3 is 4.42 Å². The van der Waals surface area contributed by atoms with E-state index in [4.69, 9.17) is 33.3 Å². The van der Waals surface area contributed by atoms with Crippen molar-refractivity contribution in [2.24, 2.45) is 0 Å². The van der Waals surface area contributed by atoms with Crippen LogP contribution in [0.3, 0.4) is 0 Å². The Kier molecular flexibility index (Phi) is 6.73. The van der Waals surface area contributed by atoms with Crippen LogP contribution in [0, 0.1) is 4.77 Å². The number of aromatic nitrogens is 3. The van der Waals surface area contributed by atoms with Crippen LogP contribution in [-0.4, -0.2) is 50.3 Å². The molecule has 1 saturated heterocycles. The van der Waals surface area contributed by atoms with Gasteiger partial charge in [-0.2, -0.15) is 5.10 Å². The Labute approximate surface area is 187 Å². The SMILES string of the molecule is CC(C)c1nn(CN2CCN(Cc3ccc(Cl)cc3)CC2)c(=S)n1Cc1ccco1. The fourth-order valence-electron chi connectivity index (χ4n) is 3.81. The van der Waals surface area contributed by atoms with Crippen molar-refractivity contribution >= 4 is 23.8 Å². The molecule has 0 amide bonds. The Morgan fingerprint density at radius 3 is 2.37 bits per heavy atom. The lowest BCUT2D eigenvalue weighted by atomic mass is 10.2. The summed E-state index contributed by atoms with van der Waals surface area (Å²) in [7, 11) is 0. The van der Waals surface area contributed by atoms with Crippen molar-refractivity contribution in [2.45, 2.75) is 39.5 Å². The highest BCUT2D eigenvalue weighted by Crippen LogP contribution is 2.17. The second kappa shape index (κ2) is 9.47. The van der Waals surface area contributed by atoms with Gasteiger partial charge in [0, 0.05) is 43.7 Å². The Hall–Kier alpha value is -1.93. The molecule has 3 heterocycles. The third-order valence-corrected chi connectivity index (χ3v) is 6.16. The smallest absolute Gasteiger partial charge is 0.199 e. The van der Waals surface area contributed by atoms with E-state index in [-0.39, 0.29) is 0 Å². The second-order valence-electron chi connectivity index (χ2n) is 8.12. The summed E-state index contributed by atoms with van der Waals surface area (Å²) in [6, 6.07) is 12.0. The molecular weight excluding hydrogens is 418 g/mol. The minimum Gasteiger partial charge on any atom is -0.467 e. The molecule has 0 bridgehead atoms. The third kappa shape index (κ3) is 5.03. The first-order chi connectivity index (χ1) is 14.5. The summed E-state index contributed by atoms with van der Waals surface area (Å²) >= 11 is 11.8. The van der Waals surface area contributed by atoms with Crippen molar-refractivity contribution in [3.05, 3.63) is 69.6 Å². The molecule has 0 N–H and O–H groups in total. The van der Waals surface area contributed by atoms with Gasteiger partial charge in [0.15, 0.2) is 4.77 Å². The van der Waals surface area contributed by atoms with E-state index in [9.17, 15) is 0 Å². The number of benzene rings is 1. The molecule has 0 unspecified atom stereocenters. The number of piperazine rings is 1. The van der Waals surface area contributed by atoms with Gasteiger partial charge in [-0.05, 0) is 42.0 Å². The molecule has 0 saturated carbocycles. The molecule has 4 rings (SSSR count). The number of hydrogen-bond acceptors (Lipinski definition) is 5. The summed E-state index contributed by atoms with van der Waals surface area (Å²) < 4.78 is 10.3. The van der Waals surface area contributed by atoms with Crippen molar-refractivity contribution in [2.75, 3.05) is 26.2 Å². The Bertz CT molecular complexity index is 1000. The Morgan fingerprint density at radius 2 is 1.73 bits per heavy atom. The molecule has 2 aromatic heterocycles. The highest BCUT2D eigenvalue weighted by Gasteiger charge is 2.20. The normalized spacial score (nSPS) is 15.9. The maximum atomic E-state index is 5.99. The topological polar surface area (TPSA) is 42.4 Å². The fourth-order valence-corrected chi connectivity index (χ4v) is 4.19. The standard InChI is InChI=1S/C22H28ClN5OS/c1-17(2)21-24-28(22(30)27(21)15-20-4-3-13-29-20)16-26-11-9-25(10-12-26)14-18-5-7-19(23)8-6-18/h3-8,13,17H,9-12,14-16H2,1-2H3. The van der Waals surface area contributed by atoms with Crippen LogP contribution in [0.4, 0.5) is 0 Å². The lowest BCUT2D eigenvalue weighted by Gasteiger charge is -2.34. The summed E-state index contributed by atoms with van der Waals surface area (Å²) in [5, 5.41) is 5.63. The molecule has 0 atom stereocenters. The van der Waals surface area contributed by atoms with Crippen molar-refractivity contribution in [3.63, 3.8) is 0 Å². The summed E-state index contributed by atoms with van der Waals surface area (Å²) in [4.78, 5) is 4.90. The second-order valence-corrected chi connectivity index (χ2v) is 8.92. The average molecular weight is 446 g/mol. The quantitative estimate of drug-likeness (QED) is 0.497. The lowest BCUT2D eigenvalue weighted by Crippen LogP contribution is -2.46. The number of halogens is 1. The van der Waals surface area contributed by atoms with Crippen LogP contribution < -0.4 is 0 Å². The van der Waals surface area contributed by atoms with Crippen LogP contribution in [0.2, 0.25) is 5.02 Å². The van der Waals surface area contributed by atoms with E-state index in [2.05, 4.69) is 40.3 Å². The molecule has 1 fully saturated rings. The highest BCUT2D eigenvalue weighted by molar-refractivity contribution is 7.71. The van der Waals surface area contributed by atoms with Crippen LogP contribution in [0.15, 0.2) is 47.1 Å². The van der Waals surface area contributed by atoms with Gasteiger partial charge in [0.05, 0.1) is 19.5 Å². The van der Waals surface area contributed by atoms with Gasteiger partial charge >= 0.3 is 0 Å². The molecule has 3 aromatic rings. The number of furan rings is 1. The monoisotopic (exact) mass is 445 g/mol. The molecule has 1 aliphatic rings. The maximum Gasteiger partial charge on any atom is 0.199 e. The number of rotatable bonds is 7. The molecule has 0 aliphatic carbocycles. The average Bonchev–Trinajstić information content (AvgIpc) is 3.35. The highest BCUT2D eigenvalue weighted by atomic mass is 35.5. The molecule has 160 valence electrons. The molecule has 0 radical (unpaired) electrons. The van der Waals surface area contributed by atoms with E-state index in [1.54, 1.807) is 6.26 Å². The predicted molar refractivity (Wildman–Crippen MR) is 121 cm³/mol. The van der Waals surface area contributed by atoms with Crippen molar-refractivity contribution < 1.29 is 4.42 Å². The van der Waals surface area contributed by atoms with Crippen LogP contribution >= 0.6 is 23.8 Å². The molecule has 1 aliphatic heterocycles. The van der Waals surface area contributed by atoms with E-state index < -0.39 is 0 Å². The van der Waals surface area contributed by atoms with E-state index in [0.717, 1.165) is 60.8 Å². The number of nitrogens with zero attached hydrogens (tertiary/aromatic N) is 5. The van der Waals surface area contributed by atoms with Gasteiger partial charge in [-0.15, -0.1) is 0 Å².